The van der Waals surface area contributed by atoms with Crippen LogP contribution in [0.3, 0.4) is 0 Å². The standard InChI is InChI=1S/C14H15N3O4/c1-21-14(18)12-7-6-11(16-12)9-15-8-10-4-2-3-5-13(10)17(19)20/h2-7,15-16H,8-9H2,1H3. The minimum Gasteiger partial charge on any atom is -0.464 e. The summed E-state index contributed by atoms with van der Waals surface area (Å²) in [5, 5.41) is 14.0. The number of carbonyl (C=O) groups is 1. The number of ether oxygens (including phenoxy) is 1. The largest absolute Gasteiger partial charge is 0.464 e. The lowest BCUT2D eigenvalue weighted by Crippen LogP contribution is -2.14. The number of methoxy groups -OCH3 is 1. The molecule has 0 saturated carbocycles. The Balaban J connectivity index is 1.94. The van der Waals surface area contributed by atoms with Crippen molar-refractivity contribution in [3.8, 4) is 0 Å². The van der Waals surface area contributed by atoms with E-state index in [4.69, 9.17) is 0 Å². The lowest BCUT2D eigenvalue weighted by molar-refractivity contribution is -0.385. The van der Waals surface area contributed by atoms with Crippen LogP contribution in [-0.2, 0) is 17.8 Å². The molecule has 0 aliphatic rings. The molecule has 0 radical (unpaired) electrons. The first-order valence-electron chi connectivity index (χ1n) is 6.31. The van der Waals surface area contributed by atoms with E-state index in [-0.39, 0.29) is 5.69 Å². The van der Waals surface area contributed by atoms with Crippen molar-refractivity contribution >= 4 is 11.7 Å². The third-order valence-corrected chi connectivity index (χ3v) is 2.97. The molecule has 0 bridgehead atoms. The van der Waals surface area contributed by atoms with E-state index in [1.165, 1.54) is 13.2 Å². The van der Waals surface area contributed by atoms with Crippen molar-refractivity contribution in [2.24, 2.45) is 0 Å². The highest BCUT2D eigenvalue weighted by atomic mass is 16.6. The lowest BCUT2D eigenvalue weighted by Gasteiger charge is -2.04. The second-order valence-corrected chi connectivity index (χ2v) is 4.38. The first-order valence-corrected chi connectivity index (χ1v) is 6.31. The number of aromatic amines is 1. The lowest BCUT2D eigenvalue weighted by atomic mass is 10.2. The third kappa shape index (κ3) is 3.67. The number of aromatic nitrogens is 1. The molecule has 0 aliphatic heterocycles. The van der Waals surface area contributed by atoms with Gasteiger partial charge in [-0.2, -0.15) is 0 Å². The zero-order valence-corrected chi connectivity index (χ0v) is 11.5. The van der Waals surface area contributed by atoms with Crippen LogP contribution in [0.25, 0.3) is 0 Å². The number of nitrogens with one attached hydrogen (secondary N) is 2. The van der Waals surface area contributed by atoms with Crippen LogP contribution in [0.15, 0.2) is 36.4 Å². The molecular formula is C14H15N3O4. The summed E-state index contributed by atoms with van der Waals surface area (Å²) >= 11 is 0. The fourth-order valence-corrected chi connectivity index (χ4v) is 1.94. The van der Waals surface area contributed by atoms with Gasteiger partial charge in [0, 0.05) is 30.4 Å². The van der Waals surface area contributed by atoms with E-state index in [2.05, 4.69) is 15.0 Å². The molecule has 0 fully saturated rings. The molecule has 110 valence electrons. The monoisotopic (exact) mass is 289 g/mol. The summed E-state index contributed by atoms with van der Waals surface area (Å²) in [6.45, 7) is 0.826. The summed E-state index contributed by atoms with van der Waals surface area (Å²) in [6.07, 6.45) is 0. The van der Waals surface area contributed by atoms with Crippen LogP contribution in [0.4, 0.5) is 5.69 Å². The first-order chi connectivity index (χ1) is 10.1. The van der Waals surface area contributed by atoms with E-state index in [9.17, 15) is 14.9 Å². The summed E-state index contributed by atoms with van der Waals surface area (Å²) in [6, 6.07) is 9.97. The van der Waals surface area contributed by atoms with Gasteiger partial charge in [0.15, 0.2) is 0 Å². The van der Waals surface area contributed by atoms with Crippen LogP contribution >= 0.6 is 0 Å². The first kappa shape index (κ1) is 14.7. The number of nitrogens with zero attached hydrogens (tertiary/aromatic N) is 1. The minimum absolute atomic E-state index is 0.0896. The highest BCUT2D eigenvalue weighted by Crippen LogP contribution is 2.17. The van der Waals surface area contributed by atoms with E-state index >= 15 is 0 Å². The van der Waals surface area contributed by atoms with Gasteiger partial charge in [0.05, 0.1) is 12.0 Å². The molecule has 7 nitrogen and oxygen atoms in total. The highest BCUT2D eigenvalue weighted by molar-refractivity contribution is 5.87. The molecule has 1 aromatic heterocycles. The topological polar surface area (TPSA) is 97.3 Å². The van der Waals surface area contributed by atoms with Crippen molar-refractivity contribution in [2.75, 3.05) is 7.11 Å². The van der Waals surface area contributed by atoms with Crippen LogP contribution in [0.5, 0.6) is 0 Å². The van der Waals surface area contributed by atoms with Gasteiger partial charge >= 0.3 is 5.97 Å². The fraction of sp³-hybridized carbons (Fsp3) is 0.214. The van der Waals surface area contributed by atoms with Gasteiger partial charge < -0.3 is 15.0 Å². The number of benzene rings is 1. The number of para-hydroxylation sites is 1. The molecule has 2 N–H and O–H groups in total. The van der Waals surface area contributed by atoms with Crippen molar-refractivity contribution in [2.45, 2.75) is 13.1 Å². The Labute approximate surface area is 121 Å². The number of hydrogen-bond acceptors (Lipinski definition) is 5. The van der Waals surface area contributed by atoms with Gasteiger partial charge in [-0.25, -0.2) is 4.79 Å². The normalized spacial score (nSPS) is 10.3. The molecule has 7 heteroatoms. The van der Waals surface area contributed by atoms with Gasteiger partial charge in [0.25, 0.3) is 5.69 Å². The second-order valence-electron chi connectivity index (χ2n) is 4.38. The van der Waals surface area contributed by atoms with Crippen LogP contribution in [0.1, 0.15) is 21.7 Å². The van der Waals surface area contributed by atoms with E-state index in [0.717, 1.165) is 5.69 Å². The molecule has 1 aromatic carbocycles. The van der Waals surface area contributed by atoms with Crippen molar-refractivity contribution in [3.63, 3.8) is 0 Å². The molecule has 0 amide bonds. The number of H-pyrrole nitrogens is 1. The van der Waals surface area contributed by atoms with Crippen LogP contribution in [0, 0.1) is 10.1 Å². The molecule has 2 rings (SSSR count). The number of carbonyl (C=O) groups excluding carboxylic acids is 1. The number of nitro groups is 1. The van der Waals surface area contributed by atoms with Gasteiger partial charge in [0.1, 0.15) is 5.69 Å². The maximum atomic E-state index is 11.3. The van der Waals surface area contributed by atoms with E-state index < -0.39 is 10.9 Å². The van der Waals surface area contributed by atoms with Crippen molar-refractivity contribution in [1.82, 2.24) is 10.3 Å². The van der Waals surface area contributed by atoms with Crippen molar-refractivity contribution < 1.29 is 14.5 Å². The average Bonchev–Trinajstić information content (AvgIpc) is 2.95. The minimum atomic E-state index is -0.431. The SMILES string of the molecule is COC(=O)c1ccc(CNCc2ccccc2[N+](=O)[O-])[nH]1. The Hall–Kier alpha value is -2.67. The molecule has 0 atom stereocenters. The van der Waals surface area contributed by atoms with Gasteiger partial charge in [-0.05, 0) is 12.1 Å². The smallest absolute Gasteiger partial charge is 0.354 e. The van der Waals surface area contributed by atoms with Gasteiger partial charge in [-0.15, -0.1) is 0 Å². The molecular weight excluding hydrogens is 274 g/mol. The summed E-state index contributed by atoms with van der Waals surface area (Å²) in [5.74, 6) is -0.431. The Bertz CT molecular complexity index is 651. The summed E-state index contributed by atoms with van der Waals surface area (Å²) in [7, 11) is 1.32. The summed E-state index contributed by atoms with van der Waals surface area (Å²) in [4.78, 5) is 24.7. The Morgan fingerprint density at radius 2 is 2.05 bits per heavy atom. The van der Waals surface area contributed by atoms with Gasteiger partial charge in [-0.3, -0.25) is 10.1 Å². The second kappa shape index (κ2) is 6.67. The quantitative estimate of drug-likeness (QED) is 0.481. The number of rotatable bonds is 6. The Kier molecular flexibility index (Phi) is 4.68. The maximum absolute atomic E-state index is 11.3. The summed E-state index contributed by atoms with van der Waals surface area (Å²) < 4.78 is 4.60. The van der Waals surface area contributed by atoms with Crippen LogP contribution < -0.4 is 5.32 Å². The maximum Gasteiger partial charge on any atom is 0.354 e. The highest BCUT2D eigenvalue weighted by Gasteiger charge is 2.12. The van der Waals surface area contributed by atoms with Crippen LogP contribution in [0.2, 0.25) is 0 Å². The number of hydrogen-bond donors (Lipinski definition) is 2. The number of esters is 1. The zero-order chi connectivity index (χ0) is 15.2. The fourth-order valence-electron chi connectivity index (χ4n) is 1.94. The van der Waals surface area contributed by atoms with E-state index in [0.29, 0.717) is 24.3 Å². The molecule has 0 aliphatic carbocycles. The molecule has 0 saturated heterocycles. The van der Waals surface area contributed by atoms with Crippen LogP contribution in [-0.4, -0.2) is 23.0 Å². The van der Waals surface area contributed by atoms with E-state index in [1.54, 1.807) is 30.3 Å². The molecule has 1 heterocycles. The molecule has 0 unspecified atom stereocenters. The Morgan fingerprint density at radius 1 is 1.29 bits per heavy atom. The van der Waals surface area contributed by atoms with Crippen molar-refractivity contribution in [3.05, 3.63) is 63.5 Å². The molecule has 21 heavy (non-hydrogen) atoms. The predicted molar refractivity (Wildman–Crippen MR) is 75.8 cm³/mol. The van der Waals surface area contributed by atoms with Crippen molar-refractivity contribution in [1.29, 1.82) is 0 Å². The molecule has 2 aromatic rings. The van der Waals surface area contributed by atoms with Gasteiger partial charge in [0.2, 0.25) is 0 Å². The average molecular weight is 289 g/mol. The third-order valence-electron chi connectivity index (χ3n) is 2.97. The van der Waals surface area contributed by atoms with Gasteiger partial charge in [-0.1, -0.05) is 18.2 Å². The Morgan fingerprint density at radius 3 is 2.76 bits per heavy atom. The zero-order valence-electron chi connectivity index (χ0n) is 11.5. The predicted octanol–water partition coefficient (Wildman–Crippen LogP) is 2.00. The molecule has 0 spiro atoms. The number of nitro benzene ring substituents is 1. The summed E-state index contributed by atoms with van der Waals surface area (Å²) in [5.41, 5.74) is 1.88. The van der Waals surface area contributed by atoms with E-state index in [1.807, 2.05) is 0 Å².